The van der Waals surface area contributed by atoms with Crippen LogP contribution in [0, 0.1) is 11.3 Å². The van der Waals surface area contributed by atoms with Crippen molar-refractivity contribution in [1.29, 1.82) is 0 Å². The Balaban J connectivity index is 0.00000264. The van der Waals surface area contributed by atoms with Crippen LogP contribution >= 0.6 is 0 Å². The van der Waals surface area contributed by atoms with Crippen LogP contribution in [-0.4, -0.2) is 3.21 Å². The topological polar surface area (TPSA) is 0 Å². The van der Waals surface area contributed by atoms with Crippen LogP contribution < -0.4 is 24.8 Å². The van der Waals surface area contributed by atoms with Gasteiger partial charge in [-0.25, -0.2) is 0 Å². The number of halogens is 2. The first-order valence-electron chi connectivity index (χ1n) is 16.1. The molecule has 0 aliphatic heterocycles. The average molecular weight is 707 g/mol. The molecule has 234 valence electrons. The molecule has 0 heterocycles. The summed E-state index contributed by atoms with van der Waals surface area (Å²) < 4.78 is 3.99. The molecule has 3 aromatic rings. The Hall–Kier alpha value is -1.53. The molecule has 0 amide bonds. The third-order valence-corrected chi connectivity index (χ3v) is 18.6. The molecule has 3 heteroatoms. The van der Waals surface area contributed by atoms with Crippen LogP contribution in [0.2, 0.25) is 0 Å². The zero-order valence-corrected chi connectivity index (χ0v) is 33.0. The predicted molar refractivity (Wildman–Crippen MR) is 181 cm³/mol. The van der Waals surface area contributed by atoms with Crippen molar-refractivity contribution in [3.8, 4) is 11.1 Å². The minimum absolute atomic E-state index is 0. The third-order valence-electron chi connectivity index (χ3n) is 9.62. The molecule has 3 aromatic carbocycles. The molecule has 0 spiro atoms. The Labute approximate surface area is 288 Å². The number of hydrogen-bond acceptors (Lipinski definition) is 0. The molecule has 0 N–H and O–H groups in total. The van der Waals surface area contributed by atoms with Gasteiger partial charge in [0.25, 0.3) is 0 Å². The molecule has 1 atom stereocenters. The number of fused-ring (bicyclic) bond motifs is 3. The maximum atomic E-state index is 2.63. The van der Waals surface area contributed by atoms with Crippen molar-refractivity contribution in [2.45, 2.75) is 104 Å². The summed E-state index contributed by atoms with van der Waals surface area (Å²) in [4.78, 5) is 0. The first-order valence-corrected chi connectivity index (χ1v) is 19.9. The van der Waals surface area contributed by atoms with E-state index in [1.165, 1.54) is 27.8 Å². The quantitative estimate of drug-likeness (QED) is 0.336. The molecule has 44 heavy (non-hydrogen) atoms. The van der Waals surface area contributed by atoms with Gasteiger partial charge in [0, 0.05) is 0 Å². The summed E-state index contributed by atoms with van der Waals surface area (Å²) in [5.74, 6) is 0.498. The van der Waals surface area contributed by atoms with E-state index in [4.69, 9.17) is 0 Å². The smallest absolute Gasteiger partial charge is 1.00 e. The maximum Gasteiger partial charge on any atom is -1.00 e. The number of rotatable bonds is 4. The summed E-state index contributed by atoms with van der Waals surface area (Å²) in [5, 5.41) is 0. The second-order valence-electron chi connectivity index (χ2n) is 15.8. The molecule has 5 rings (SSSR count). The van der Waals surface area contributed by atoms with Crippen molar-refractivity contribution < 1.29 is 46.1 Å². The van der Waals surface area contributed by atoms with Crippen LogP contribution in [-0.2, 0) is 32.1 Å². The molecule has 0 nitrogen and oxygen atoms in total. The van der Waals surface area contributed by atoms with Gasteiger partial charge in [-0.1, -0.05) is 0 Å². The molecule has 0 saturated heterocycles. The number of hydrogen-bond donors (Lipinski definition) is 0. The Morgan fingerprint density at radius 2 is 1.16 bits per heavy atom. The fraction of sp³-hybridized carbons (Fsp3) is 0.439. The Morgan fingerprint density at radius 3 is 1.57 bits per heavy atom. The summed E-state index contributed by atoms with van der Waals surface area (Å²) >= 11 is -2.59. The van der Waals surface area contributed by atoms with E-state index in [1.54, 1.807) is 25.5 Å². The van der Waals surface area contributed by atoms with E-state index in [-0.39, 0.29) is 41.1 Å². The zero-order chi connectivity index (χ0) is 30.8. The van der Waals surface area contributed by atoms with Crippen molar-refractivity contribution in [1.82, 2.24) is 0 Å². The van der Waals surface area contributed by atoms with Crippen molar-refractivity contribution in [2.24, 2.45) is 11.3 Å². The summed E-state index contributed by atoms with van der Waals surface area (Å²) in [5.41, 5.74) is 14.1. The van der Waals surface area contributed by atoms with Gasteiger partial charge in [-0.2, -0.15) is 0 Å². The zero-order valence-electron chi connectivity index (χ0n) is 29.0. The third kappa shape index (κ3) is 6.78. The summed E-state index contributed by atoms with van der Waals surface area (Å²) in [6.45, 7) is 28.7. The van der Waals surface area contributed by atoms with Gasteiger partial charge in [0.2, 0.25) is 0 Å². The minimum Gasteiger partial charge on any atom is -1.00 e. The van der Waals surface area contributed by atoms with E-state index in [0.29, 0.717) is 9.54 Å². The fourth-order valence-electron chi connectivity index (χ4n) is 7.26. The van der Waals surface area contributed by atoms with Gasteiger partial charge in [0.15, 0.2) is 0 Å². The molecule has 1 unspecified atom stereocenters. The molecular formula is C41H52Cl2Zr. The second kappa shape index (κ2) is 13.3. The van der Waals surface area contributed by atoms with Crippen LogP contribution in [0.5, 0.6) is 0 Å². The van der Waals surface area contributed by atoms with Gasteiger partial charge in [-0.05, 0) is 0 Å². The van der Waals surface area contributed by atoms with Gasteiger partial charge in [-0.15, -0.1) is 0 Å². The summed E-state index contributed by atoms with van der Waals surface area (Å²) in [6.07, 6.45) is 3.75. The standard InChI is InChI=1S/C21H25.C12H19.C8H8.2ClH.Zr/c1-20(2,3)16-9-7-14-11-15-8-10-17(21(4,5)6)13-19(15)18(14)12-16;1-6-10-7-9(2)8-11(10)12(3,4)5;1-2-8-6-4-3-5-7-8;;;/h7-13H,1-6H3;8-9H,6H2,1-5H3;3-7H,1H3;2*1H;/q;;;;;+2/p-2. The van der Waals surface area contributed by atoms with E-state index in [9.17, 15) is 0 Å². The SMILES string of the molecule is CCC1=[C](/[Zr+2](=[C](\C)c2ccccc2)[CH]2c3ccc(C(C)(C)C)cc3-c3cc(C(C)(C)C)ccc32)C(C)C=C1C(C)(C)C.[Cl-].[Cl-]. The maximum absolute atomic E-state index is 2.63. The van der Waals surface area contributed by atoms with E-state index < -0.39 is 21.3 Å². The van der Waals surface area contributed by atoms with Gasteiger partial charge in [0.1, 0.15) is 0 Å². The van der Waals surface area contributed by atoms with E-state index in [2.05, 4.69) is 156 Å². The first-order chi connectivity index (χ1) is 19.5. The Bertz CT molecular complexity index is 1550. The Kier molecular flexibility index (Phi) is 11.2. The molecule has 2 aliphatic rings. The summed E-state index contributed by atoms with van der Waals surface area (Å²) in [6, 6.07) is 26.4. The monoisotopic (exact) mass is 704 g/mol. The number of allylic oxidation sites excluding steroid dienone is 4. The van der Waals surface area contributed by atoms with Gasteiger partial charge in [-0.3, -0.25) is 0 Å². The molecule has 0 saturated carbocycles. The van der Waals surface area contributed by atoms with Crippen molar-refractivity contribution in [2.75, 3.05) is 0 Å². The van der Waals surface area contributed by atoms with Gasteiger partial charge in [0.05, 0.1) is 0 Å². The molecule has 0 bridgehead atoms. The van der Waals surface area contributed by atoms with E-state index in [0.717, 1.165) is 6.42 Å². The van der Waals surface area contributed by atoms with E-state index >= 15 is 0 Å². The van der Waals surface area contributed by atoms with Crippen molar-refractivity contribution in [3.05, 3.63) is 115 Å². The molecule has 0 fully saturated rings. The van der Waals surface area contributed by atoms with Crippen LogP contribution in [0.1, 0.15) is 121 Å². The predicted octanol–water partition coefficient (Wildman–Crippen LogP) is 5.50. The second-order valence-corrected chi connectivity index (χ2v) is 22.4. The van der Waals surface area contributed by atoms with Crippen LogP contribution in [0.3, 0.4) is 0 Å². The van der Waals surface area contributed by atoms with Crippen LogP contribution in [0.15, 0.2) is 87.2 Å². The molecule has 0 radical (unpaired) electrons. The van der Waals surface area contributed by atoms with Crippen LogP contribution in [0.25, 0.3) is 11.1 Å². The minimum atomic E-state index is -2.59. The summed E-state index contributed by atoms with van der Waals surface area (Å²) in [7, 11) is 0. The van der Waals surface area contributed by atoms with E-state index in [1.807, 2.05) is 3.28 Å². The largest absolute Gasteiger partial charge is 1.00 e. The number of benzene rings is 3. The fourth-order valence-corrected chi connectivity index (χ4v) is 17.0. The van der Waals surface area contributed by atoms with Gasteiger partial charge < -0.3 is 24.8 Å². The van der Waals surface area contributed by atoms with Crippen LogP contribution in [0.4, 0.5) is 0 Å². The molecular weight excluding hydrogens is 655 g/mol. The average Bonchev–Trinajstić information content (AvgIpc) is 3.43. The normalized spacial score (nSPS) is 17.0. The molecule has 0 aromatic heterocycles. The van der Waals surface area contributed by atoms with Crippen molar-refractivity contribution >= 4 is 3.21 Å². The first kappa shape index (κ1) is 36.9. The van der Waals surface area contributed by atoms with Crippen molar-refractivity contribution in [3.63, 3.8) is 0 Å². The molecule has 2 aliphatic carbocycles. The van der Waals surface area contributed by atoms with Gasteiger partial charge >= 0.3 is 266 Å². The Morgan fingerprint density at radius 1 is 0.682 bits per heavy atom.